The van der Waals surface area contributed by atoms with Crippen LogP contribution in [-0.2, 0) is 0 Å². The minimum atomic E-state index is -0.627. The number of methoxy groups -OCH3 is 1. The fraction of sp³-hybridized carbons (Fsp3) is 0.158. The number of hydrogen-bond donors (Lipinski definition) is 1. The summed E-state index contributed by atoms with van der Waals surface area (Å²) < 4.78 is 34.0. The molecule has 1 N–H and O–H groups in total. The number of rotatable bonds is 5. The first-order valence-corrected chi connectivity index (χ1v) is 7.94. The van der Waals surface area contributed by atoms with Gasteiger partial charge in [-0.2, -0.15) is 5.10 Å². The quantitative estimate of drug-likeness (QED) is 0.758. The highest BCUT2D eigenvalue weighted by molar-refractivity contribution is 5.92. The van der Waals surface area contributed by atoms with Crippen molar-refractivity contribution in [3.8, 4) is 11.4 Å². The first-order valence-electron chi connectivity index (χ1n) is 7.94. The zero-order chi connectivity index (χ0) is 18.7. The van der Waals surface area contributed by atoms with Crippen molar-refractivity contribution < 1.29 is 18.3 Å². The van der Waals surface area contributed by atoms with E-state index in [1.807, 2.05) is 0 Å². The zero-order valence-corrected chi connectivity index (χ0v) is 14.2. The van der Waals surface area contributed by atoms with Crippen LogP contribution in [0.15, 0.2) is 54.7 Å². The third-order valence-corrected chi connectivity index (χ3v) is 3.91. The van der Waals surface area contributed by atoms with Gasteiger partial charge in [-0.3, -0.25) is 4.79 Å². The van der Waals surface area contributed by atoms with E-state index in [1.165, 1.54) is 42.1 Å². The van der Waals surface area contributed by atoms with E-state index in [-0.39, 0.29) is 11.3 Å². The summed E-state index contributed by atoms with van der Waals surface area (Å²) in [6.45, 7) is 1.66. The van der Waals surface area contributed by atoms with Crippen LogP contribution in [0.1, 0.15) is 29.0 Å². The molecule has 5 nitrogen and oxygen atoms in total. The first-order chi connectivity index (χ1) is 12.5. The number of aromatic nitrogens is 2. The van der Waals surface area contributed by atoms with Crippen LogP contribution < -0.4 is 10.1 Å². The number of hydrogen-bond acceptors (Lipinski definition) is 3. The third kappa shape index (κ3) is 3.56. The van der Waals surface area contributed by atoms with Crippen molar-refractivity contribution in [2.45, 2.75) is 13.0 Å². The first kappa shape index (κ1) is 17.6. The highest BCUT2D eigenvalue weighted by atomic mass is 19.1. The Kier molecular flexibility index (Phi) is 4.97. The molecule has 0 aliphatic rings. The number of halogens is 2. The number of amides is 1. The Hall–Kier alpha value is -3.22. The van der Waals surface area contributed by atoms with Crippen molar-refractivity contribution in [3.63, 3.8) is 0 Å². The van der Waals surface area contributed by atoms with E-state index >= 15 is 0 Å². The van der Waals surface area contributed by atoms with Gasteiger partial charge >= 0.3 is 0 Å². The minimum absolute atomic E-state index is 0.136. The second-order valence-corrected chi connectivity index (χ2v) is 5.68. The average Bonchev–Trinajstić information content (AvgIpc) is 3.11. The van der Waals surface area contributed by atoms with Crippen LogP contribution in [-0.4, -0.2) is 22.8 Å². The van der Waals surface area contributed by atoms with Gasteiger partial charge in [-0.1, -0.05) is 12.1 Å². The predicted molar refractivity (Wildman–Crippen MR) is 92.4 cm³/mol. The zero-order valence-electron chi connectivity index (χ0n) is 14.2. The lowest BCUT2D eigenvalue weighted by Gasteiger charge is -2.17. The maximum absolute atomic E-state index is 14.1. The number of nitrogens with one attached hydrogen (secondary N) is 1. The summed E-state index contributed by atoms with van der Waals surface area (Å²) in [5.74, 6) is -0.993. The fourth-order valence-electron chi connectivity index (χ4n) is 2.67. The lowest BCUT2D eigenvalue weighted by atomic mass is 10.1. The molecule has 0 bridgehead atoms. The van der Waals surface area contributed by atoms with Gasteiger partial charge in [0.1, 0.15) is 17.4 Å². The summed E-state index contributed by atoms with van der Waals surface area (Å²) >= 11 is 0. The molecule has 0 saturated heterocycles. The van der Waals surface area contributed by atoms with Gasteiger partial charge in [0, 0.05) is 6.20 Å². The SMILES string of the molecule is COc1cccc(F)c1[C@@H](C)NC(=O)c1ccn(-c2cccc(F)c2)n1. The van der Waals surface area contributed by atoms with E-state index in [9.17, 15) is 13.6 Å². The molecule has 0 spiro atoms. The van der Waals surface area contributed by atoms with Gasteiger partial charge in [-0.25, -0.2) is 13.5 Å². The van der Waals surface area contributed by atoms with E-state index in [1.54, 1.807) is 31.3 Å². The second-order valence-electron chi connectivity index (χ2n) is 5.68. The predicted octanol–water partition coefficient (Wildman–Crippen LogP) is 3.65. The monoisotopic (exact) mass is 357 g/mol. The summed E-state index contributed by atoms with van der Waals surface area (Å²) in [5, 5.41) is 6.84. The van der Waals surface area contributed by atoms with Crippen molar-refractivity contribution >= 4 is 5.91 Å². The molecular formula is C19H17F2N3O2. The average molecular weight is 357 g/mol. The Bertz CT molecular complexity index is 940. The van der Waals surface area contributed by atoms with E-state index in [0.717, 1.165) is 0 Å². The summed E-state index contributed by atoms with van der Waals surface area (Å²) in [5.41, 5.74) is 0.886. The van der Waals surface area contributed by atoms with E-state index < -0.39 is 23.6 Å². The highest BCUT2D eigenvalue weighted by Gasteiger charge is 2.20. The highest BCUT2D eigenvalue weighted by Crippen LogP contribution is 2.27. The van der Waals surface area contributed by atoms with Crippen molar-refractivity contribution in [1.29, 1.82) is 0 Å². The second kappa shape index (κ2) is 7.35. The molecule has 0 fully saturated rings. The van der Waals surface area contributed by atoms with E-state index in [0.29, 0.717) is 11.4 Å². The number of nitrogens with zero attached hydrogens (tertiary/aromatic N) is 2. The topological polar surface area (TPSA) is 56.1 Å². The van der Waals surface area contributed by atoms with Crippen molar-refractivity contribution in [3.05, 3.63) is 77.6 Å². The molecule has 2 aromatic carbocycles. The Morgan fingerprint density at radius 1 is 1.19 bits per heavy atom. The van der Waals surface area contributed by atoms with Gasteiger partial charge in [-0.15, -0.1) is 0 Å². The van der Waals surface area contributed by atoms with Crippen LogP contribution >= 0.6 is 0 Å². The molecular weight excluding hydrogens is 340 g/mol. The molecule has 3 aromatic rings. The summed E-state index contributed by atoms with van der Waals surface area (Å²) in [4.78, 5) is 12.4. The van der Waals surface area contributed by atoms with Crippen LogP contribution in [0, 0.1) is 11.6 Å². The van der Waals surface area contributed by atoms with Gasteiger partial charge in [-0.05, 0) is 43.3 Å². The molecule has 1 amide bonds. The summed E-state index contributed by atoms with van der Waals surface area (Å²) in [6.07, 6.45) is 1.55. The van der Waals surface area contributed by atoms with Crippen LogP contribution in [0.2, 0.25) is 0 Å². The summed E-state index contributed by atoms with van der Waals surface area (Å²) in [6, 6.07) is 11.2. The maximum Gasteiger partial charge on any atom is 0.272 e. The molecule has 3 rings (SSSR count). The number of ether oxygens (including phenoxy) is 1. The van der Waals surface area contributed by atoms with E-state index in [2.05, 4.69) is 10.4 Å². The molecule has 26 heavy (non-hydrogen) atoms. The summed E-state index contributed by atoms with van der Waals surface area (Å²) in [7, 11) is 1.44. The minimum Gasteiger partial charge on any atom is -0.496 e. The van der Waals surface area contributed by atoms with Gasteiger partial charge in [0.2, 0.25) is 0 Å². The molecule has 0 radical (unpaired) electrons. The molecule has 7 heteroatoms. The normalized spacial score (nSPS) is 11.8. The molecule has 134 valence electrons. The molecule has 1 heterocycles. The Labute approximate surface area is 149 Å². The number of carbonyl (C=O) groups excluding carboxylic acids is 1. The van der Waals surface area contributed by atoms with Crippen molar-refractivity contribution in [2.75, 3.05) is 7.11 Å². The Morgan fingerprint density at radius 2 is 1.96 bits per heavy atom. The lowest BCUT2D eigenvalue weighted by Crippen LogP contribution is -2.28. The van der Waals surface area contributed by atoms with Crippen LogP contribution in [0.5, 0.6) is 5.75 Å². The van der Waals surface area contributed by atoms with Crippen LogP contribution in [0.4, 0.5) is 8.78 Å². The van der Waals surface area contributed by atoms with Gasteiger partial charge in [0.25, 0.3) is 5.91 Å². The smallest absolute Gasteiger partial charge is 0.272 e. The van der Waals surface area contributed by atoms with Gasteiger partial charge in [0.05, 0.1) is 24.4 Å². The number of benzene rings is 2. The molecule has 1 atom stereocenters. The Morgan fingerprint density at radius 3 is 2.69 bits per heavy atom. The molecule has 0 aliphatic carbocycles. The molecule has 0 unspecified atom stereocenters. The third-order valence-electron chi connectivity index (χ3n) is 3.91. The van der Waals surface area contributed by atoms with Crippen molar-refractivity contribution in [2.24, 2.45) is 0 Å². The molecule has 0 aliphatic heterocycles. The maximum atomic E-state index is 14.1. The largest absolute Gasteiger partial charge is 0.496 e. The van der Waals surface area contributed by atoms with Gasteiger partial charge < -0.3 is 10.1 Å². The van der Waals surface area contributed by atoms with Crippen molar-refractivity contribution in [1.82, 2.24) is 15.1 Å². The van der Waals surface area contributed by atoms with Crippen LogP contribution in [0.25, 0.3) is 5.69 Å². The molecule has 0 saturated carbocycles. The standard InChI is InChI=1S/C19H17F2N3O2/c1-12(18-15(21)7-4-8-17(18)26-2)22-19(25)16-9-10-24(23-16)14-6-3-5-13(20)11-14/h3-12H,1-2H3,(H,22,25)/t12-/m1/s1. The number of carbonyl (C=O) groups is 1. The van der Waals surface area contributed by atoms with E-state index in [4.69, 9.17) is 4.74 Å². The molecule has 1 aromatic heterocycles. The fourth-order valence-corrected chi connectivity index (χ4v) is 2.67. The lowest BCUT2D eigenvalue weighted by molar-refractivity contribution is 0.0933. The Balaban J connectivity index is 1.79. The van der Waals surface area contributed by atoms with Crippen LogP contribution in [0.3, 0.4) is 0 Å². The van der Waals surface area contributed by atoms with Gasteiger partial charge in [0.15, 0.2) is 5.69 Å².